The number of ether oxygens (including phenoxy) is 1. The Morgan fingerprint density at radius 1 is 1.09 bits per heavy atom. The van der Waals surface area contributed by atoms with E-state index in [1.165, 1.54) is 4.90 Å². The van der Waals surface area contributed by atoms with Crippen molar-refractivity contribution in [2.75, 3.05) is 13.2 Å². The molecule has 1 heterocycles. The van der Waals surface area contributed by atoms with E-state index in [1.807, 2.05) is 0 Å². The number of nitrogens with zero attached hydrogens (tertiary/aromatic N) is 3. The number of hydrogen-bond acceptors (Lipinski definition) is 5. The van der Waals surface area contributed by atoms with Gasteiger partial charge in [-0.15, -0.1) is 0 Å². The van der Waals surface area contributed by atoms with Gasteiger partial charge in [0.2, 0.25) is 0 Å². The normalized spacial score (nSPS) is 23.3. The monoisotopic (exact) mass is 659 g/mol. The fourth-order valence-corrected chi connectivity index (χ4v) is 7.48. The second-order valence-corrected chi connectivity index (χ2v) is 14.2. The average Bonchev–Trinajstić information content (AvgIpc) is 3.38. The van der Waals surface area contributed by atoms with Crippen LogP contribution in [0.4, 0.5) is 13.2 Å². The Morgan fingerprint density at radius 2 is 1.66 bits per heavy atom. The third kappa shape index (κ3) is 7.39. The minimum absolute atomic E-state index is 0.0362. The summed E-state index contributed by atoms with van der Waals surface area (Å²) in [7, 11) is 0. The summed E-state index contributed by atoms with van der Waals surface area (Å²) < 4.78 is 50.3. The van der Waals surface area contributed by atoms with E-state index in [0.717, 1.165) is 29.3 Å². The van der Waals surface area contributed by atoms with E-state index in [0.29, 0.717) is 25.7 Å². The molecule has 1 atom stereocenters. The molecular weight excluding hydrogens is 618 g/mol. The van der Waals surface area contributed by atoms with E-state index in [-0.39, 0.29) is 53.0 Å². The SMILES string of the molecule is CCOC(=O)[C@]1(C)CC[C@@H](n2ncc(C(=O)N(C[C@@H](O)c3c(Cl)cc(C)cc3Cl)C3CCC(C)(C)CC3)c2C(F)(F)F)CC1. The summed E-state index contributed by atoms with van der Waals surface area (Å²) >= 11 is 12.9. The maximum atomic E-state index is 14.7. The molecule has 2 aliphatic rings. The topological polar surface area (TPSA) is 84.7 Å². The molecule has 1 aromatic heterocycles. The highest BCUT2D eigenvalue weighted by atomic mass is 35.5. The number of rotatable bonds is 8. The molecular formula is C32H42Cl2F3N3O4. The van der Waals surface area contributed by atoms with Gasteiger partial charge in [0.05, 0.1) is 42.5 Å². The number of alkyl halides is 3. The van der Waals surface area contributed by atoms with E-state index in [4.69, 9.17) is 27.9 Å². The molecule has 0 aliphatic heterocycles. The molecule has 12 heteroatoms. The van der Waals surface area contributed by atoms with E-state index < -0.39 is 46.9 Å². The quantitative estimate of drug-likeness (QED) is 0.288. The lowest BCUT2D eigenvalue weighted by atomic mass is 9.74. The summed E-state index contributed by atoms with van der Waals surface area (Å²) in [5.41, 5.74) is -1.41. The number of carbonyl (C=O) groups excluding carboxylic acids is 2. The molecule has 2 fully saturated rings. The first-order chi connectivity index (χ1) is 20.5. The Morgan fingerprint density at radius 3 is 2.18 bits per heavy atom. The molecule has 0 unspecified atom stereocenters. The summed E-state index contributed by atoms with van der Waals surface area (Å²) in [5, 5.41) is 15.8. The van der Waals surface area contributed by atoms with E-state index in [2.05, 4.69) is 18.9 Å². The Balaban J connectivity index is 1.67. The predicted octanol–water partition coefficient (Wildman–Crippen LogP) is 8.35. The summed E-state index contributed by atoms with van der Waals surface area (Å²) in [6.07, 6.45) is -1.28. The van der Waals surface area contributed by atoms with E-state index in [1.54, 1.807) is 32.9 Å². The number of benzene rings is 1. The minimum Gasteiger partial charge on any atom is -0.466 e. The van der Waals surface area contributed by atoms with Crippen molar-refractivity contribution in [3.63, 3.8) is 0 Å². The fourth-order valence-electron chi connectivity index (χ4n) is 6.63. The Labute approximate surface area is 267 Å². The second kappa shape index (κ2) is 13.2. The molecule has 244 valence electrons. The Kier molecular flexibility index (Phi) is 10.4. The molecule has 1 amide bonds. The van der Waals surface area contributed by atoms with Crippen LogP contribution in [0, 0.1) is 17.8 Å². The lowest BCUT2D eigenvalue weighted by Crippen LogP contribution is -2.46. The van der Waals surface area contributed by atoms with Gasteiger partial charge >= 0.3 is 12.1 Å². The molecule has 2 aromatic rings. The molecule has 7 nitrogen and oxygen atoms in total. The van der Waals surface area contributed by atoms with Crippen LogP contribution in [0.2, 0.25) is 10.0 Å². The summed E-state index contributed by atoms with van der Waals surface area (Å²) in [4.78, 5) is 28.0. The van der Waals surface area contributed by atoms with Gasteiger partial charge in [-0.1, -0.05) is 37.0 Å². The third-order valence-corrected chi connectivity index (χ3v) is 10.0. The largest absolute Gasteiger partial charge is 0.466 e. The highest BCUT2D eigenvalue weighted by Gasteiger charge is 2.46. The lowest BCUT2D eigenvalue weighted by molar-refractivity contribution is -0.157. The average molecular weight is 661 g/mol. The van der Waals surface area contributed by atoms with Gasteiger partial charge in [-0.25, -0.2) is 0 Å². The van der Waals surface area contributed by atoms with Crippen LogP contribution < -0.4 is 0 Å². The summed E-state index contributed by atoms with van der Waals surface area (Å²) in [5.74, 6) is -1.21. The zero-order chi connectivity index (χ0) is 32.6. The standard InChI is InChI=1S/C32H42Cl2F3N3O4/c1-6-44-29(43)31(5)13-9-21(10-14-31)40-27(32(35,36)37)22(17-38-40)28(42)39(20-7-11-30(3,4)12-8-20)18-25(41)26-23(33)15-19(2)16-24(26)34/h15-17,20-21,25,41H,6-14,18H2,1-5H3/t21-,25-,31-/m1/s1. The van der Waals surface area contributed by atoms with Gasteiger partial charge < -0.3 is 14.7 Å². The molecule has 0 saturated heterocycles. The number of aryl methyl sites for hydroxylation is 1. The van der Waals surface area contributed by atoms with Crippen molar-refractivity contribution in [3.05, 3.63) is 50.8 Å². The third-order valence-electron chi connectivity index (χ3n) is 9.40. The van der Waals surface area contributed by atoms with Crippen molar-refractivity contribution in [1.82, 2.24) is 14.7 Å². The van der Waals surface area contributed by atoms with Gasteiger partial charge in [-0.05, 0) is 95.2 Å². The molecule has 0 spiro atoms. The van der Waals surface area contributed by atoms with Crippen LogP contribution in [0.15, 0.2) is 18.3 Å². The maximum absolute atomic E-state index is 14.7. The number of carbonyl (C=O) groups is 2. The molecule has 1 N–H and O–H groups in total. The van der Waals surface area contributed by atoms with Gasteiger partial charge in [-0.2, -0.15) is 18.3 Å². The minimum atomic E-state index is -4.87. The van der Waals surface area contributed by atoms with Crippen LogP contribution in [-0.4, -0.2) is 50.9 Å². The van der Waals surface area contributed by atoms with Crippen molar-refractivity contribution in [2.24, 2.45) is 10.8 Å². The summed E-state index contributed by atoms with van der Waals surface area (Å²) in [6, 6.07) is 2.25. The van der Waals surface area contributed by atoms with Crippen molar-refractivity contribution in [2.45, 2.75) is 110 Å². The molecule has 2 saturated carbocycles. The predicted molar refractivity (Wildman–Crippen MR) is 163 cm³/mol. The van der Waals surface area contributed by atoms with Gasteiger partial charge in [-0.3, -0.25) is 14.3 Å². The van der Waals surface area contributed by atoms with Gasteiger partial charge in [0.25, 0.3) is 5.91 Å². The second-order valence-electron chi connectivity index (χ2n) is 13.4. The van der Waals surface area contributed by atoms with Crippen molar-refractivity contribution in [3.8, 4) is 0 Å². The molecule has 4 rings (SSSR count). The van der Waals surface area contributed by atoms with E-state index in [9.17, 15) is 27.9 Å². The van der Waals surface area contributed by atoms with Crippen LogP contribution >= 0.6 is 23.2 Å². The van der Waals surface area contributed by atoms with Crippen LogP contribution in [0.25, 0.3) is 0 Å². The van der Waals surface area contributed by atoms with Crippen LogP contribution in [0.1, 0.15) is 118 Å². The van der Waals surface area contributed by atoms with E-state index >= 15 is 0 Å². The van der Waals surface area contributed by atoms with Crippen LogP contribution in [0.3, 0.4) is 0 Å². The number of hydrogen-bond donors (Lipinski definition) is 1. The van der Waals surface area contributed by atoms with Gasteiger partial charge in [0.15, 0.2) is 5.69 Å². The van der Waals surface area contributed by atoms with Crippen molar-refractivity contribution in [1.29, 1.82) is 0 Å². The molecule has 0 radical (unpaired) electrons. The van der Waals surface area contributed by atoms with Gasteiger partial charge in [0, 0.05) is 21.7 Å². The summed E-state index contributed by atoms with van der Waals surface area (Å²) in [6.45, 7) is 9.48. The molecule has 0 bridgehead atoms. The highest BCUT2D eigenvalue weighted by molar-refractivity contribution is 6.36. The Bertz CT molecular complexity index is 1340. The number of amides is 1. The first-order valence-electron chi connectivity index (χ1n) is 15.2. The van der Waals surface area contributed by atoms with Crippen LogP contribution in [-0.2, 0) is 15.7 Å². The number of halogens is 5. The number of aromatic nitrogens is 2. The van der Waals surface area contributed by atoms with Crippen molar-refractivity contribution < 1.29 is 32.6 Å². The van der Waals surface area contributed by atoms with Crippen molar-refractivity contribution >= 4 is 35.1 Å². The molecule has 44 heavy (non-hydrogen) atoms. The zero-order valence-corrected chi connectivity index (χ0v) is 27.5. The number of esters is 1. The smallest absolute Gasteiger partial charge is 0.433 e. The highest BCUT2D eigenvalue weighted by Crippen LogP contribution is 2.45. The number of aliphatic hydroxyl groups excluding tert-OH is 1. The van der Waals surface area contributed by atoms with Gasteiger partial charge in [0.1, 0.15) is 0 Å². The maximum Gasteiger partial charge on any atom is 0.433 e. The first kappa shape index (κ1) is 34.6. The number of aliphatic hydroxyl groups is 1. The lowest BCUT2D eigenvalue weighted by Gasteiger charge is -2.41. The molecule has 1 aromatic carbocycles. The fraction of sp³-hybridized carbons (Fsp3) is 0.656. The Hall–Kier alpha value is -2.30. The molecule has 2 aliphatic carbocycles. The first-order valence-corrected chi connectivity index (χ1v) is 16.0. The zero-order valence-electron chi connectivity index (χ0n) is 25.9. The van der Waals surface area contributed by atoms with Crippen LogP contribution in [0.5, 0.6) is 0 Å².